The fourth-order valence-electron chi connectivity index (χ4n) is 2.59. The number of rotatable bonds is 4. The number of carboxylic acid groups (broad SMARTS) is 2. The predicted molar refractivity (Wildman–Crippen MR) is 68.7 cm³/mol. The molecule has 1 fully saturated rings. The summed E-state index contributed by atoms with van der Waals surface area (Å²) in [5.41, 5.74) is 0.381. The maximum atomic E-state index is 13.2. The van der Waals surface area contributed by atoms with E-state index >= 15 is 0 Å². The number of hydrogen-bond acceptors (Lipinski definition) is 3. The average Bonchev–Trinajstić information content (AvgIpc) is 2.39. The van der Waals surface area contributed by atoms with E-state index in [4.69, 9.17) is 5.11 Å². The van der Waals surface area contributed by atoms with E-state index in [0.29, 0.717) is 31.5 Å². The van der Waals surface area contributed by atoms with Crippen LogP contribution in [0.3, 0.4) is 0 Å². The lowest BCUT2D eigenvalue weighted by molar-refractivity contribution is -0.146. The van der Waals surface area contributed by atoms with Crippen LogP contribution in [0.5, 0.6) is 0 Å². The maximum absolute atomic E-state index is 13.2. The summed E-state index contributed by atoms with van der Waals surface area (Å²) in [6.45, 7) is 0.759. The molecule has 108 valence electrons. The molecule has 0 amide bonds. The molecular weight excluding hydrogens is 265 g/mol. The number of carbonyl (C=O) groups is 2. The smallest absolute Gasteiger partial charge is 0.325 e. The Morgan fingerprint density at radius 3 is 2.40 bits per heavy atom. The van der Waals surface area contributed by atoms with Crippen LogP contribution in [0, 0.1) is 11.7 Å². The maximum Gasteiger partial charge on any atom is 0.325 e. The summed E-state index contributed by atoms with van der Waals surface area (Å²) in [5, 5.41) is 18.3. The number of likely N-dealkylation sites (tertiary alicyclic amines) is 1. The lowest BCUT2D eigenvalue weighted by Crippen LogP contribution is -2.41. The SMILES string of the molecule is O=C(O)C1CCN(C(C(=O)O)c2cccc(F)c2)CC1. The Morgan fingerprint density at radius 2 is 1.90 bits per heavy atom. The topological polar surface area (TPSA) is 77.8 Å². The summed E-state index contributed by atoms with van der Waals surface area (Å²) in [6.07, 6.45) is 0.822. The summed E-state index contributed by atoms with van der Waals surface area (Å²) in [4.78, 5) is 24.0. The van der Waals surface area contributed by atoms with E-state index in [0.717, 1.165) is 0 Å². The number of halogens is 1. The van der Waals surface area contributed by atoms with E-state index < -0.39 is 29.7 Å². The molecule has 5 nitrogen and oxygen atoms in total. The predicted octanol–water partition coefficient (Wildman–Crippen LogP) is 1.75. The lowest BCUT2D eigenvalue weighted by atomic mass is 9.94. The Labute approximate surface area is 115 Å². The third-order valence-corrected chi connectivity index (χ3v) is 3.64. The van der Waals surface area contributed by atoms with Crippen LogP contribution in [-0.2, 0) is 9.59 Å². The van der Waals surface area contributed by atoms with Crippen LogP contribution in [0.2, 0.25) is 0 Å². The molecule has 0 aromatic heterocycles. The van der Waals surface area contributed by atoms with Gasteiger partial charge < -0.3 is 10.2 Å². The van der Waals surface area contributed by atoms with Gasteiger partial charge in [0.1, 0.15) is 11.9 Å². The van der Waals surface area contributed by atoms with Gasteiger partial charge in [0, 0.05) is 13.1 Å². The second kappa shape index (κ2) is 6.00. The second-order valence-corrected chi connectivity index (χ2v) is 4.94. The molecule has 0 spiro atoms. The van der Waals surface area contributed by atoms with Crippen molar-refractivity contribution in [1.82, 2.24) is 4.90 Å². The van der Waals surface area contributed by atoms with Gasteiger partial charge in [-0.2, -0.15) is 0 Å². The molecule has 1 aliphatic rings. The largest absolute Gasteiger partial charge is 0.481 e. The molecule has 0 radical (unpaired) electrons. The van der Waals surface area contributed by atoms with Crippen LogP contribution < -0.4 is 0 Å². The van der Waals surface area contributed by atoms with Crippen LogP contribution in [0.15, 0.2) is 24.3 Å². The first-order valence-corrected chi connectivity index (χ1v) is 6.44. The first-order chi connectivity index (χ1) is 9.49. The minimum Gasteiger partial charge on any atom is -0.481 e. The first kappa shape index (κ1) is 14.5. The highest BCUT2D eigenvalue weighted by atomic mass is 19.1. The third kappa shape index (κ3) is 3.14. The standard InChI is InChI=1S/C14H16FNO4/c15-11-3-1-2-10(8-11)12(14(19)20)16-6-4-9(5-7-16)13(17)18/h1-3,8-9,12H,4-7H2,(H,17,18)(H,19,20). The summed E-state index contributed by atoms with van der Waals surface area (Å²) >= 11 is 0. The van der Waals surface area contributed by atoms with Gasteiger partial charge in [0.2, 0.25) is 0 Å². The van der Waals surface area contributed by atoms with Crippen LogP contribution in [0.25, 0.3) is 0 Å². The molecule has 0 saturated carbocycles. The molecule has 1 saturated heterocycles. The summed E-state index contributed by atoms with van der Waals surface area (Å²) in [7, 11) is 0. The quantitative estimate of drug-likeness (QED) is 0.879. The number of carboxylic acids is 2. The fourth-order valence-corrected chi connectivity index (χ4v) is 2.59. The zero-order valence-corrected chi connectivity index (χ0v) is 10.8. The summed E-state index contributed by atoms with van der Waals surface area (Å²) in [5.74, 6) is -2.80. The van der Waals surface area contributed by atoms with Crippen molar-refractivity contribution in [1.29, 1.82) is 0 Å². The van der Waals surface area contributed by atoms with Gasteiger partial charge >= 0.3 is 11.9 Å². The molecule has 0 aliphatic carbocycles. The second-order valence-electron chi connectivity index (χ2n) is 4.94. The Morgan fingerprint density at radius 1 is 1.25 bits per heavy atom. The molecule has 1 aliphatic heterocycles. The van der Waals surface area contributed by atoms with Gasteiger partial charge in [0.15, 0.2) is 0 Å². The number of nitrogens with zero attached hydrogens (tertiary/aromatic N) is 1. The zero-order valence-electron chi connectivity index (χ0n) is 10.8. The number of aliphatic carboxylic acids is 2. The van der Waals surface area contributed by atoms with E-state index in [2.05, 4.69) is 0 Å². The van der Waals surface area contributed by atoms with E-state index in [1.807, 2.05) is 0 Å². The van der Waals surface area contributed by atoms with Crippen molar-refractivity contribution in [2.24, 2.45) is 5.92 Å². The van der Waals surface area contributed by atoms with Crippen LogP contribution >= 0.6 is 0 Å². The van der Waals surface area contributed by atoms with Crippen molar-refractivity contribution >= 4 is 11.9 Å². The fraction of sp³-hybridized carbons (Fsp3) is 0.429. The van der Waals surface area contributed by atoms with Crippen LogP contribution in [0.4, 0.5) is 4.39 Å². The van der Waals surface area contributed by atoms with Gasteiger partial charge in [-0.3, -0.25) is 14.5 Å². The van der Waals surface area contributed by atoms with Gasteiger partial charge in [0.05, 0.1) is 5.92 Å². The third-order valence-electron chi connectivity index (χ3n) is 3.64. The molecule has 2 N–H and O–H groups in total. The monoisotopic (exact) mass is 281 g/mol. The number of benzene rings is 1. The minimum atomic E-state index is -1.05. The van der Waals surface area contributed by atoms with E-state index in [1.165, 1.54) is 18.2 Å². The van der Waals surface area contributed by atoms with Crippen molar-refractivity contribution in [3.8, 4) is 0 Å². The van der Waals surface area contributed by atoms with Gasteiger partial charge in [0.25, 0.3) is 0 Å². The van der Waals surface area contributed by atoms with Crippen LogP contribution in [0.1, 0.15) is 24.4 Å². The summed E-state index contributed by atoms with van der Waals surface area (Å²) < 4.78 is 13.2. The summed E-state index contributed by atoms with van der Waals surface area (Å²) in [6, 6.07) is 4.59. The van der Waals surface area contributed by atoms with Crippen LogP contribution in [-0.4, -0.2) is 40.1 Å². The van der Waals surface area contributed by atoms with Crippen molar-refractivity contribution < 1.29 is 24.2 Å². The molecule has 2 rings (SSSR count). The molecule has 1 heterocycles. The van der Waals surface area contributed by atoms with Gasteiger partial charge in [-0.15, -0.1) is 0 Å². The molecule has 20 heavy (non-hydrogen) atoms. The Balaban J connectivity index is 2.15. The van der Waals surface area contributed by atoms with E-state index in [9.17, 15) is 19.1 Å². The first-order valence-electron chi connectivity index (χ1n) is 6.44. The number of piperidine rings is 1. The van der Waals surface area contributed by atoms with Gasteiger partial charge in [-0.25, -0.2) is 4.39 Å². The Bertz CT molecular complexity index is 512. The number of hydrogen-bond donors (Lipinski definition) is 2. The highest BCUT2D eigenvalue weighted by Gasteiger charge is 2.33. The average molecular weight is 281 g/mol. The molecule has 1 aromatic carbocycles. The Kier molecular flexibility index (Phi) is 4.34. The van der Waals surface area contributed by atoms with Crippen molar-refractivity contribution in [3.63, 3.8) is 0 Å². The highest BCUT2D eigenvalue weighted by molar-refractivity contribution is 5.75. The van der Waals surface area contributed by atoms with Gasteiger partial charge in [-0.1, -0.05) is 12.1 Å². The van der Waals surface area contributed by atoms with Crippen molar-refractivity contribution in [2.75, 3.05) is 13.1 Å². The lowest BCUT2D eigenvalue weighted by Gasteiger charge is -2.34. The van der Waals surface area contributed by atoms with E-state index in [1.54, 1.807) is 11.0 Å². The molecule has 1 atom stereocenters. The molecule has 1 unspecified atom stereocenters. The molecule has 0 bridgehead atoms. The van der Waals surface area contributed by atoms with Gasteiger partial charge in [-0.05, 0) is 30.5 Å². The highest BCUT2D eigenvalue weighted by Crippen LogP contribution is 2.27. The zero-order chi connectivity index (χ0) is 14.7. The van der Waals surface area contributed by atoms with Crippen molar-refractivity contribution in [2.45, 2.75) is 18.9 Å². The normalized spacial score (nSPS) is 18.6. The van der Waals surface area contributed by atoms with E-state index in [-0.39, 0.29) is 0 Å². The Hall–Kier alpha value is -1.95. The minimum absolute atomic E-state index is 0.379. The molecule has 1 aromatic rings. The molecular formula is C14H16FNO4. The van der Waals surface area contributed by atoms with Crippen molar-refractivity contribution in [3.05, 3.63) is 35.6 Å². The molecule has 6 heteroatoms.